The summed E-state index contributed by atoms with van der Waals surface area (Å²) in [5.41, 5.74) is 3.15. The first-order chi connectivity index (χ1) is 7.31. The molecular formula is C12H12N2O. The molecule has 0 fully saturated rings. The maximum absolute atomic E-state index is 8.63. The van der Waals surface area contributed by atoms with Gasteiger partial charge in [0.25, 0.3) is 0 Å². The maximum Gasteiger partial charge on any atom is 0.0653 e. The van der Waals surface area contributed by atoms with Crippen LogP contribution in [-0.4, -0.2) is 21.9 Å². The number of hydrogen-bond acceptors (Lipinski definition) is 2. The third-order valence-corrected chi connectivity index (χ3v) is 2.25. The Balaban J connectivity index is 2.43. The Morgan fingerprint density at radius 3 is 3.13 bits per heavy atom. The second kappa shape index (κ2) is 4.16. The molecule has 0 bridgehead atoms. The van der Waals surface area contributed by atoms with Crippen molar-refractivity contribution in [3.05, 3.63) is 29.5 Å². The minimum absolute atomic E-state index is 0.111. The number of nitrogens with zero attached hydrogens (tertiary/aromatic N) is 1. The van der Waals surface area contributed by atoms with E-state index in [1.807, 2.05) is 19.1 Å². The Kier molecular flexibility index (Phi) is 2.70. The van der Waals surface area contributed by atoms with Gasteiger partial charge < -0.3 is 5.11 Å². The predicted octanol–water partition coefficient (Wildman–Crippen LogP) is 1.61. The van der Waals surface area contributed by atoms with E-state index in [1.54, 1.807) is 6.20 Å². The molecule has 3 nitrogen and oxygen atoms in total. The van der Waals surface area contributed by atoms with Crippen LogP contribution in [0.15, 0.2) is 18.3 Å². The van der Waals surface area contributed by atoms with Crippen molar-refractivity contribution in [1.82, 2.24) is 10.2 Å². The van der Waals surface area contributed by atoms with Gasteiger partial charge in [0.05, 0.1) is 18.3 Å². The summed E-state index contributed by atoms with van der Waals surface area (Å²) < 4.78 is 0. The molecule has 0 unspecified atom stereocenters. The van der Waals surface area contributed by atoms with E-state index in [-0.39, 0.29) is 6.61 Å². The lowest BCUT2D eigenvalue weighted by molar-refractivity contribution is 0.305. The van der Waals surface area contributed by atoms with Gasteiger partial charge in [0.2, 0.25) is 0 Å². The van der Waals surface area contributed by atoms with E-state index >= 15 is 0 Å². The van der Waals surface area contributed by atoms with Crippen molar-refractivity contribution >= 4 is 10.9 Å². The van der Waals surface area contributed by atoms with Crippen molar-refractivity contribution in [2.75, 3.05) is 6.61 Å². The van der Waals surface area contributed by atoms with Gasteiger partial charge in [0, 0.05) is 17.4 Å². The van der Waals surface area contributed by atoms with Crippen molar-refractivity contribution in [1.29, 1.82) is 0 Å². The number of aliphatic hydroxyl groups is 1. The number of hydrogen-bond donors (Lipinski definition) is 2. The van der Waals surface area contributed by atoms with E-state index in [1.165, 1.54) is 0 Å². The van der Waals surface area contributed by atoms with E-state index in [0.717, 1.165) is 22.0 Å². The lowest BCUT2D eigenvalue weighted by atomic mass is 10.1. The highest BCUT2D eigenvalue weighted by molar-refractivity contribution is 5.80. The number of nitrogens with one attached hydrogen (secondary N) is 1. The molecule has 0 saturated heterocycles. The molecular weight excluding hydrogens is 188 g/mol. The number of aliphatic hydroxyl groups excluding tert-OH is 1. The Morgan fingerprint density at radius 2 is 2.33 bits per heavy atom. The van der Waals surface area contributed by atoms with Crippen LogP contribution in [0.4, 0.5) is 0 Å². The fourth-order valence-corrected chi connectivity index (χ4v) is 1.45. The average molecular weight is 200 g/mol. The lowest BCUT2D eigenvalue weighted by Crippen LogP contribution is -1.83. The number of rotatable bonds is 1. The zero-order chi connectivity index (χ0) is 10.7. The van der Waals surface area contributed by atoms with Crippen LogP contribution in [0, 0.1) is 18.8 Å². The SMILES string of the molecule is Cc1cc2[nH]ncc2cc1C#CCCO. The van der Waals surface area contributed by atoms with Crippen LogP contribution in [0.5, 0.6) is 0 Å². The topological polar surface area (TPSA) is 48.9 Å². The first-order valence-corrected chi connectivity index (χ1v) is 4.84. The molecule has 15 heavy (non-hydrogen) atoms. The van der Waals surface area contributed by atoms with E-state index in [0.29, 0.717) is 6.42 Å². The average Bonchev–Trinajstić information content (AvgIpc) is 2.65. The maximum atomic E-state index is 8.63. The number of benzene rings is 1. The predicted molar refractivity (Wildman–Crippen MR) is 59.4 cm³/mol. The number of H-pyrrole nitrogens is 1. The normalized spacial score (nSPS) is 10.0. The molecule has 3 heteroatoms. The van der Waals surface area contributed by atoms with Gasteiger partial charge in [0.15, 0.2) is 0 Å². The molecule has 76 valence electrons. The summed E-state index contributed by atoms with van der Waals surface area (Å²) in [6, 6.07) is 4.05. The summed E-state index contributed by atoms with van der Waals surface area (Å²) in [6.07, 6.45) is 2.30. The second-order valence-electron chi connectivity index (χ2n) is 3.40. The van der Waals surface area contributed by atoms with E-state index in [2.05, 4.69) is 22.0 Å². The number of aromatic nitrogens is 2. The molecule has 2 aromatic rings. The van der Waals surface area contributed by atoms with Gasteiger partial charge in [-0.25, -0.2) is 0 Å². The highest BCUT2D eigenvalue weighted by atomic mass is 16.2. The molecule has 2 N–H and O–H groups in total. The summed E-state index contributed by atoms with van der Waals surface area (Å²) in [5.74, 6) is 5.96. The van der Waals surface area contributed by atoms with E-state index in [9.17, 15) is 0 Å². The monoisotopic (exact) mass is 200 g/mol. The Morgan fingerprint density at radius 1 is 1.47 bits per heavy atom. The molecule has 0 spiro atoms. The van der Waals surface area contributed by atoms with Crippen molar-refractivity contribution in [3.8, 4) is 11.8 Å². The first-order valence-electron chi connectivity index (χ1n) is 4.84. The van der Waals surface area contributed by atoms with Crippen molar-refractivity contribution in [2.24, 2.45) is 0 Å². The highest BCUT2D eigenvalue weighted by Crippen LogP contribution is 2.16. The van der Waals surface area contributed by atoms with E-state index < -0.39 is 0 Å². The van der Waals surface area contributed by atoms with Gasteiger partial charge in [-0.3, -0.25) is 5.10 Å². The molecule has 0 aliphatic heterocycles. The Labute approximate surface area is 88.1 Å². The van der Waals surface area contributed by atoms with Gasteiger partial charge >= 0.3 is 0 Å². The number of aryl methyl sites for hydroxylation is 1. The molecule has 1 aromatic carbocycles. The minimum Gasteiger partial charge on any atom is -0.395 e. The van der Waals surface area contributed by atoms with Gasteiger partial charge in [-0.1, -0.05) is 11.8 Å². The van der Waals surface area contributed by atoms with Crippen molar-refractivity contribution < 1.29 is 5.11 Å². The van der Waals surface area contributed by atoms with Gasteiger partial charge in [0.1, 0.15) is 0 Å². The zero-order valence-corrected chi connectivity index (χ0v) is 8.54. The molecule has 0 atom stereocenters. The molecule has 0 aliphatic carbocycles. The molecule has 2 rings (SSSR count). The largest absolute Gasteiger partial charge is 0.395 e. The van der Waals surface area contributed by atoms with Crippen LogP contribution >= 0.6 is 0 Å². The van der Waals surface area contributed by atoms with E-state index in [4.69, 9.17) is 5.11 Å². The molecule has 0 aliphatic rings. The van der Waals surface area contributed by atoms with Crippen LogP contribution in [-0.2, 0) is 0 Å². The van der Waals surface area contributed by atoms with Crippen LogP contribution in [0.3, 0.4) is 0 Å². The molecule has 0 amide bonds. The van der Waals surface area contributed by atoms with Gasteiger partial charge in [-0.2, -0.15) is 5.10 Å². The van der Waals surface area contributed by atoms with Gasteiger partial charge in [-0.15, -0.1) is 0 Å². The fourth-order valence-electron chi connectivity index (χ4n) is 1.45. The second-order valence-corrected chi connectivity index (χ2v) is 3.40. The number of aromatic amines is 1. The molecule has 0 radical (unpaired) electrons. The summed E-state index contributed by atoms with van der Waals surface area (Å²) in [6.45, 7) is 2.13. The van der Waals surface area contributed by atoms with Crippen LogP contribution in [0.1, 0.15) is 17.5 Å². The fraction of sp³-hybridized carbons (Fsp3) is 0.250. The van der Waals surface area contributed by atoms with Crippen LogP contribution < -0.4 is 0 Å². The highest BCUT2D eigenvalue weighted by Gasteiger charge is 2.00. The van der Waals surface area contributed by atoms with Crippen molar-refractivity contribution in [2.45, 2.75) is 13.3 Å². The minimum atomic E-state index is 0.111. The van der Waals surface area contributed by atoms with Crippen molar-refractivity contribution in [3.63, 3.8) is 0 Å². The standard InChI is InChI=1S/C12H12N2O/c1-9-6-12-11(8-13-14-12)7-10(9)4-2-3-5-15/h6-8,15H,3,5H2,1H3,(H,13,14). The third kappa shape index (κ3) is 2.00. The Bertz CT molecular complexity index is 531. The molecule has 1 heterocycles. The van der Waals surface area contributed by atoms with Gasteiger partial charge in [-0.05, 0) is 24.6 Å². The number of fused-ring (bicyclic) bond motifs is 1. The zero-order valence-electron chi connectivity index (χ0n) is 8.54. The summed E-state index contributed by atoms with van der Waals surface area (Å²) in [7, 11) is 0. The quantitative estimate of drug-likeness (QED) is 0.687. The lowest BCUT2D eigenvalue weighted by Gasteiger charge is -1.97. The third-order valence-electron chi connectivity index (χ3n) is 2.25. The van der Waals surface area contributed by atoms with Crippen LogP contribution in [0.25, 0.3) is 10.9 Å². The Hall–Kier alpha value is -1.79. The molecule has 1 aromatic heterocycles. The summed E-state index contributed by atoms with van der Waals surface area (Å²) >= 11 is 0. The smallest absolute Gasteiger partial charge is 0.0653 e. The molecule has 0 saturated carbocycles. The first kappa shape index (κ1) is 9.75. The van der Waals surface area contributed by atoms with Crippen LogP contribution in [0.2, 0.25) is 0 Å². The summed E-state index contributed by atoms with van der Waals surface area (Å²) in [4.78, 5) is 0. The summed E-state index contributed by atoms with van der Waals surface area (Å²) in [5, 5.41) is 16.6.